The molecule has 0 aliphatic carbocycles. The van der Waals surface area contributed by atoms with E-state index in [1.54, 1.807) is 6.92 Å². The van der Waals surface area contributed by atoms with Crippen molar-refractivity contribution in [1.29, 1.82) is 0 Å². The molecule has 3 rings (SSSR count). The van der Waals surface area contributed by atoms with Gasteiger partial charge in [-0.1, -0.05) is 30.3 Å². The van der Waals surface area contributed by atoms with E-state index in [1.807, 2.05) is 44.2 Å². The summed E-state index contributed by atoms with van der Waals surface area (Å²) in [6, 6.07) is 12.0. The number of hydrogen-bond donors (Lipinski definition) is 1. The lowest BCUT2D eigenvalue weighted by atomic mass is 10.1. The van der Waals surface area contributed by atoms with E-state index < -0.39 is 0 Å². The maximum absolute atomic E-state index is 11.7. The van der Waals surface area contributed by atoms with E-state index in [0.29, 0.717) is 25.3 Å². The molecule has 0 aliphatic heterocycles. The number of carbonyl (C=O) groups is 1. The second kappa shape index (κ2) is 9.81. The highest BCUT2D eigenvalue weighted by molar-refractivity contribution is 6.32. The van der Waals surface area contributed by atoms with Crippen molar-refractivity contribution >= 4 is 28.5 Å². The van der Waals surface area contributed by atoms with Gasteiger partial charge in [0.1, 0.15) is 18.2 Å². The van der Waals surface area contributed by atoms with Crippen LogP contribution in [-0.2, 0) is 17.8 Å². The van der Waals surface area contributed by atoms with Gasteiger partial charge in [0.2, 0.25) is 5.91 Å². The Kier molecular flexibility index (Phi) is 7.16. The van der Waals surface area contributed by atoms with Crippen LogP contribution in [0, 0.1) is 13.8 Å². The molecular formula is C24H28ClN3O2. The quantitative estimate of drug-likeness (QED) is 0.387. The van der Waals surface area contributed by atoms with Crippen molar-refractivity contribution < 1.29 is 9.53 Å². The highest BCUT2D eigenvalue weighted by Crippen LogP contribution is 2.26. The van der Waals surface area contributed by atoms with E-state index in [1.165, 1.54) is 0 Å². The molecule has 0 atom stereocenters. The Morgan fingerprint density at radius 3 is 2.63 bits per heavy atom. The number of hydrogen-bond acceptors (Lipinski definition) is 3. The van der Waals surface area contributed by atoms with Gasteiger partial charge in [-0.05, 0) is 62.6 Å². The molecule has 1 aromatic heterocycles. The SMILES string of the molecule is C=C(C)C(=O)NCCCc1nc2ccccc2n1CCOc1cc(C)c(Cl)c(C)c1. The van der Waals surface area contributed by atoms with Gasteiger partial charge in [0.25, 0.3) is 0 Å². The predicted molar refractivity (Wildman–Crippen MR) is 122 cm³/mol. The number of aromatic nitrogens is 2. The molecule has 3 aromatic rings. The minimum Gasteiger partial charge on any atom is -0.492 e. The number of imidazole rings is 1. The van der Waals surface area contributed by atoms with Gasteiger partial charge in [-0.15, -0.1) is 0 Å². The van der Waals surface area contributed by atoms with Crippen molar-refractivity contribution in [2.24, 2.45) is 0 Å². The van der Waals surface area contributed by atoms with Crippen LogP contribution in [0.1, 0.15) is 30.3 Å². The number of benzene rings is 2. The Hall–Kier alpha value is -2.79. The fraction of sp³-hybridized carbons (Fsp3) is 0.333. The Bertz CT molecular complexity index is 1050. The first-order valence-corrected chi connectivity index (χ1v) is 10.5. The summed E-state index contributed by atoms with van der Waals surface area (Å²) in [5, 5.41) is 3.66. The van der Waals surface area contributed by atoms with Gasteiger partial charge in [-0.25, -0.2) is 4.98 Å². The smallest absolute Gasteiger partial charge is 0.246 e. The highest BCUT2D eigenvalue weighted by atomic mass is 35.5. The third kappa shape index (κ3) is 5.22. The zero-order chi connectivity index (χ0) is 21.7. The second-order valence-electron chi connectivity index (χ2n) is 7.53. The molecule has 6 heteroatoms. The fourth-order valence-corrected chi connectivity index (χ4v) is 3.52. The Morgan fingerprint density at radius 2 is 1.93 bits per heavy atom. The maximum atomic E-state index is 11.7. The average Bonchev–Trinajstić information content (AvgIpc) is 3.06. The number of aryl methyl sites for hydroxylation is 3. The Balaban J connectivity index is 1.67. The zero-order valence-electron chi connectivity index (χ0n) is 17.8. The van der Waals surface area contributed by atoms with E-state index >= 15 is 0 Å². The molecule has 0 bridgehead atoms. The summed E-state index contributed by atoms with van der Waals surface area (Å²) in [7, 11) is 0. The van der Waals surface area contributed by atoms with E-state index in [9.17, 15) is 4.79 Å². The number of rotatable bonds is 9. The number of ether oxygens (including phenoxy) is 1. The van der Waals surface area contributed by atoms with E-state index in [4.69, 9.17) is 21.3 Å². The van der Waals surface area contributed by atoms with Crippen LogP contribution in [0.3, 0.4) is 0 Å². The van der Waals surface area contributed by atoms with Crippen molar-refractivity contribution in [2.45, 2.75) is 40.2 Å². The summed E-state index contributed by atoms with van der Waals surface area (Å²) in [5.41, 5.74) is 4.60. The predicted octanol–water partition coefficient (Wildman–Crippen LogP) is 5.01. The van der Waals surface area contributed by atoms with Gasteiger partial charge in [0, 0.05) is 23.6 Å². The van der Waals surface area contributed by atoms with Crippen molar-refractivity contribution in [3.63, 3.8) is 0 Å². The largest absolute Gasteiger partial charge is 0.492 e. The summed E-state index contributed by atoms with van der Waals surface area (Å²) in [6.45, 7) is 11.1. The first-order valence-electron chi connectivity index (χ1n) is 10.1. The van der Waals surface area contributed by atoms with Gasteiger partial charge in [-0.3, -0.25) is 4.79 Å². The molecule has 1 heterocycles. The molecule has 30 heavy (non-hydrogen) atoms. The molecule has 0 saturated carbocycles. The number of nitrogens with one attached hydrogen (secondary N) is 1. The van der Waals surface area contributed by atoms with Crippen molar-refractivity contribution in [3.8, 4) is 5.75 Å². The minimum absolute atomic E-state index is 0.106. The van der Waals surface area contributed by atoms with Crippen LogP contribution in [-0.4, -0.2) is 28.6 Å². The molecule has 0 unspecified atom stereocenters. The molecule has 0 spiro atoms. The van der Waals surface area contributed by atoms with Crippen LogP contribution in [0.5, 0.6) is 5.75 Å². The lowest BCUT2D eigenvalue weighted by Gasteiger charge is -2.13. The molecule has 5 nitrogen and oxygen atoms in total. The van der Waals surface area contributed by atoms with E-state index in [-0.39, 0.29) is 5.91 Å². The molecule has 2 aromatic carbocycles. The van der Waals surface area contributed by atoms with Gasteiger partial charge in [0.15, 0.2) is 0 Å². The first kappa shape index (κ1) is 21.9. The van der Waals surface area contributed by atoms with Crippen LogP contribution in [0.4, 0.5) is 0 Å². The van der Waals surface area contributed by atoms with Crippen molar-refractivity contribution in [1.82, 2.24) is 14.9 Å². The van der Waals surface area contributed by atoms with E-state index in [2.05, 4.69) is 22.5 Å². The summed E-state index contributed by atoms with van der Waals surface area (Å²) >= 11 is 6.25. The third-order valence-electron chi connectivity index (χ3n) is 4.98. The minimum atomic E-state index is -0.106. The number of para-hydroxylation sites is 2. The van der Waals surface area contributed by atoms with Crippen LogP contribution >= 0.6 is 11.6 Å². The number of fused-ring (bicyclic) bond motifs is 1. The van der Waals surface area contributed by atoms with Gasteiger partial charge < -0.3 is 14.6 Å². The molecule has 0 fully saturated rings. The van der Waals surface area contributed by atoms with Crippen molar-refractivity contribution in [3.05, 3.63) is 70.5 Å². The van der Waals surface area contributed by atoms with Crippen LogP contribution in [0.2, 0.25) is 5.02 Å². The summed E-state index contributed by atoms with van der Waals surface area (Å²) in [6.07, 6.45) is 1.57. The summed E-state index contributed by atoms with van der Waals surface area (Å²) in [5.74, 6) is 1.71. The Labute approximate surface area is 182 Å². The van der Waals surface area contributed by atoms with Crippen molar-refractivity contribution in [2.75, 3.05) is 13.2 Å². The Morgan fingerprint density at radius 1 is 1.23 bits per heavy atom. The topological polar surface area (TPSA) is 56.2 Å². The number of halogens is 1. The molecule has 158 valence electrons. The molecule has 1 amide bonds. The summed E-state index contributed by atoms with van der Waals surface area (Å²) in [4.78, 5) is 16.4. The third-order valence-corrected chi connectivity index (χ3v) is 5.57. The molecular weight excluding hydrogens is 398 g/mol. The maximum Gasteiger partial charge on any atom is 0.246 e. The lowest BCUT2D eigenvalue weighted by molar-refractivity contribution is -0.117. The van der Waals surface area contributed by atoms with Crippen LogP contribution in [0.25, 0.3) is 11.0 Å². The molecule has 0 aliphatic rings. The highest BCUT2D eigenvalue weighted by Gasteiger charge is 2.11. The average molecular weight is 426 g/mol. The van der Waals surface area contributed by atoms with Gasteiger partial charge >= 0.3 is 0 Å². The lowest BCUT2D eigenvalue weighted by Crippen LogP contribution is -2.25. The van der Waals surface area contributed by atoms with E-state index in [0.717, 1.165) is 51.6 Å². The first-order chi connectivity index (χ1) is 14.4. The molecule has 1 N–H and O–H groups in total. The molecule has 0 saturated heterocycles. The fourth-order valence-electron chi connectivity index (χ4n) is 3.41. The zero-order valence-corrected chi connectivity index (χ0v) is 18.6. The number of nitrogens with zero attached hydrogens (tertiary/aromatic N) is 2. The number of amides is 1. The normalized spacial score (nSPS) is 10.9. The standard InChI is InChI=1S/C24H28ClN3O2/c1-16(2)24(29)26-11-7-10-22-27-20-8-5-6-9-21(20)28(22)12-13-30-19-14-17(3)23(25)18(4)15-19/h5-6,8-9,14-15H,1,7,10-13H2,2-4H3,(H,26,29). The van der Waals surface area contributed by atoms with Gasteiger partial charge in [0.05, 0.1) is 17.6 Å². The van der Waals surface area contributed by atoms with Crippen LogP contribution in [0.15, 0.2) is 48.6 Å². The number of carbonyl (C=O) groups excluding carboxylic acids is 1. The monoisotopic (exact) mass is 425 g/mol. The summed E-state index contributed by atoms with van der Waals surface area (Å²) < 4.78 is 8.21. The second-order valence-corrected chi connectivity index (χ2v) is 7.91. The molecule has 0 radical (unpaired) electrons. The van der Waals surface area contributed by atoms with Crippen LogP contribution < -0.4 is 10.1 Å². The van der Waals surface area contributed by atoms with Gasteiger partial charge in [-0.2, -0.15) is 0 Å².